The van der Waals surface area contributed by atoms with E-state index in [-0.39, 0.29) is 6.42 Å². The number of likely N-dealkylation sites (tertiary alicyclic amines) is 1. The number of rotatable bonds is 4. The molecule has 20 heavy (non-hydrogen) atoms. The molecule has 1 aromatic rings. The van der Waals surface area contributed by atoms with Crippen LogP contribution in [0.5, 0.6) is 0 Å². The smallest absolute Gasteiger partial charge is 0.307 e. The fourth-order valence-electron chi connectivity index (χ4n) is 3.89. The van der Waals surface area contributed by atoms with Gasteiger partial charge in [0, 0.05) is 13.1 Å². The second kappa shape index (κ2) is 5.57. The lowest BCUT2D eigenvalue weighted by atomic mass is 9.86. The first kappa shape index (κ1) is 13.6. The maximum Gasteiger partial charge on any atom is 0.307 e. The molecule has 1 saturated carbocycles. The first-order chi connectivity index (χ1) is 9.65. The van der Waals surface area contributed by atoms with E-state index in [9.17, 15) is 4.79 Å². The van der Waals surface area contributed by atoms with Gasteiger partial charge in [-0.2, -0.15) is 0 Å². The summed E-state index contributed by atoms with van der Waals surface area (Å²) in [7, 11) is 0. The molecule has 1 aromatic carbocycles. The Morgan fingerprint density at radius 3 is 2.40 bits per heavy atom. The first-order valence-electron chi connectivity index (χ1n) is 7.67. The summed E-state index contributed by atoms with van der Waals surface area (Å²) in [6.07, 6.45) is 7.15. The molecule has 0 amide bonds. The van der Waals surface area contributed by atoms with E-state index in [2.05, 4.69) is 17.0 Å². The number of hydrogen-bond donors (Lipinski definition) is 1. The number of hydrogen-bond acceptors (Lipinski definition) is 2. The summed E-state index contributed by atoms with van der Waals surface area (Å²) in [6.45, 7) is 3.48. The molecule has 2 aliphatic rings. The Morgan fingerprint density at radius 2 is 1.75 bits per heavy atom. The van der Waals surface area contributed by atoms with Crippen molar-refractivity contribution in [3.05, 3.63) is 35.4 Å². The monoisotopic (exact) mass is 273 g/mol. The summed E-state index contributed by atoms with van der Waals surface area (Å²) in [4.78, 5) is 13.2. The molecule has 3 nitrogen and oxygen atoms in total. The number of carboxylic acids is 1. The fourth-order valence-corrected chi connectivity index (χ4v) is 3.89. The third-order valence-electron chi connectivity index (χ3n) is 4.97. The van der Waals surface area contributed by atoms with Gasteiger partial charge >= 0.3 is 5.97 Å². The Hall–Kier alpha value is -1.35. The lowest BCUT2D eigenvalue weighted by Crippen LogP contribution is -2.24. The Labute approximate surface area is 120 Å². The van der Waals surface area contributed by atoms with Crippen molar-refractivity contribution in [1.82, 2.24) is 4.90 Å². The van der Waals surface area contributed by atoms with E-state index < -0.39 is 5.97 Å². The highest BCUT2D eigenvalue weighted by Crippen LogP contribution is 2.45. The number of carboxylic acid groups (broad SMARTS) is 1. The highest BCUT2D eigenvalue weighted by atomic mass is 16.4. The van der Waals surface area contributed by atoms with Gasteiger partial charge in [-0.15, -0.1) is 0 Å². The number of benzene rings is 1. The summed E-state index contributed by atoms with van der Waals surface area (Å²) in [5, 5.41) is 8.78. The zero-order valence-corrected chi connectivity index (χ0v) is 12.0. The molecule has 1 aliphatic carbocycles. The number of nitrogens with zero attached hydrogens (tertiary/aromatic N) is 1. The van der Waals surface area contributed by atoms with Crippen LogP contribution >= 0.6 is 0 Å². The molecule has 0 bridgehead atoms. The van der Waals surface area contributed by atoms with Gasteiger partial charge in [0.25, 0.3) is 0 Å². The van der Waals surface area contributed by atoms with Crippen LogP contribution in [0.25, 0.3) is 0 Å². The standard InChI is InChI=1S/C17H23NO2/c19-16(20)11-14-3-5-15(6-4-14)12-18-10-9-17(13-18)7-1-2-8-17/h3-6H,1-2,7-13H2,(H,19,20). The van der Waals surface area contributed by atoms with Crippen molar-refractivity contribution >= 4 is 5.97 Å². The molecule has 0 unspecified atom stereocenters. The van der Waals surface area contributed by atoms with Crippen molar-refractivity contribution in [3.63, 3.8) is 0 Å². The Kier molecular flexibility index (Phi) is 3.79. The van der Waals surface area contributed by atoms with Crippen LogP contribution in [0.4, 0.5) is 0 Å². The third kappa shape index (κ3) is 3.04. The quantitative estimate of drug-likeness (QED) is 0.916. The van der Waals surface area contributed by atoms with Gasteiger partial charge < -0.3 is 5.11 Å². The van der Waals surface area contributed by atoms with Crippen LogP contribution in [0.1, 0.15) is 43.2 Å². The van der Waals surface area contributed by atoms with Gasteiger partial charge in [0.15, 0.2) is 0 Å². The normalized spacial score (nSPS) is 21.6. The van der Waals surface area contributed by atoms with Crippen LogP contribution in [0, 0.1) is 5.41 Å². The Morgan fingerprint density at radius 1 is 1.10 bits per heavy atom. The van der Waals surface area contributed by atoms with Crippen molar-refractivity contribution in [2.24, 2.45) is 5.41 Å². The molecule has 0 radical (unpaired) electrons. The van der Waals surface area contributed by atoms with Crippen molar-refractivity contribution in [2.75, 3.05) is 13.1 Å². The maximum atomic E-state index is 10.7. The molecule has 1 spiro atoms. The van der Waals surface area contributed by atoms with Crippen LogP contribution in [0.15, 0.2) is 24.3 Å². The van der Waals surface area contributed by atoms with E-state index in [1.54, 1.807) is 0 Å². The molecule has 0 aromatic heterocycles. The van der Waals surface area contributed by atoms with Gasteiger partial charge in [-0.1, -0.05) is 37.1 Å². The van der Waals surface area contributed by atoms with Crippen molar-refractivity contribution in [3.8, 4) is 0 Å². The average molecular weight is 273 g/mol. The zero-order chi connectivity index (χ0) is 14.0. The van der Waals surface area contributed by atoms with Gasteiger partial charge in [-0.3, -0.25) is 9.69 Å². The Bertz CT molecular complexity index is 474. The van der Waals surface area contributed by atoms with Crippen LogP contribution in [-0.2, 0) is 17.8 Å². The molecule has 1 heterocycles. The molecule has 1 aliphatic heterocycles. The average Bonchev–Trinajstić information content (AvgIpc) is 3.02. The SMILES string of the molecule is O=C(O)Cc1ccc(CN2CCC3(CCCC3)C2)cc1. The van der Waals surface area contributed by atoms with Crippen molar-refractivity contribution in [1.29, 1.82) is 0 Å². The van der Waals surface area contributed by atoms with Gasteiger partial charge in [-0.25, -0.2) is 0 Å². The van der Waals surface area contributed by atoms with E-state index in [0.29, 0.717) is 5.41 Å². The van der Waals surface area contributed by atoms with E-state index >= 15 is 0 Å². The second-order valence-corrected chi connectivity index (χ2v) is 6.55. The number of aliphatic carboxylic acids is 1. The highest BCUT2D eigenvalue weighted by Gasteiger charge is 2.39. The van der Waals surface area contributed by atoms with E-state index in [1.807, 2.05) is 12.1 Å². The molecular weight excluding hydrogens is 250 g/mol. The van der Waals surface area contributed by atoms with Crippen molar-refractivity contribution < 1.29 is 9.90 Å². The summed E-state index contributed by atoms with van der Waals surface area (Å²) in [5.41, 5.74) is 2.81. The minimum atomic E-state index is -0.763. The summed E-state index contributed by atoms with van der Waals surface area (Å²) in [5.74, 6) is -0.763. The summed E-state index contributed by atoms with van der Waals surface area (Å²) in [6, 6.07) is 8.06. The third-order valence-corrected chi connectivity index (χ3v) is 4.97. The molecule has 1 N–H and O–H groups in total. The van der Waals surface area contributed by atoms with Gasteiger partial charge in [0.1, 0.15) is 0 Å². The van der Waals surface area contributed by atoms with Crippen LogP contribution in [-0.4, -0.2) is 29.1 Å². The molecule has 108 valence electrons. The largest absolute Gasteiger partial charge is 0.481 e. The lowest BCUT2D eigenvalue weighted by Gasteiger charge is -2.23. The van der Waals surface area contributed by atoms with Crippen LogP contribution in [0.2, 0.25) is 0 Å². The summed E-state index contributed by atoms with van der Waals surface area (Å²) >= 11 is 0. The zero-order valence-electron chi connectivity index (χ0n) is 12.0. The van der Waals surface area contributed by atoms with Gasteiger partial charge in [-0.05, 0) is 42.3 Å². The first-order valence-corrected chi connectivity index (χ1v) is 7.67. The molecule has 2 fully saturated rings. The van der Waals surface area contributed by atoms with Crippen LogP contribution < -0.4 is 0 Å². The molecule has 3 heteroatoms. The van der Waals surface area contributed by atoms with E-state index in [0.717, 1.165) is 12.1 Å². The minimum Gasteiger partial charge on any atom is -0.481 e. The predicted molar refractivity (Wildman–Crippen MR) is 78.6 cm³/mol. The van der Waals surface area contributed by atoms with Crippen LogP contribution in [0.3, 0.4) is 0 Å². The maximum absolute atomic E-state index is 10.7. The summed E-state index contributed by atoms with van der Waals surface area (Å²) < 4.78 is 0. The Balaban J connectivity index is 1.57. The molecular formula is C17H23NO2. The molecule has 3 rings (SSSR count). The van der Waals surface area contributed by atoms with Gasteiger partial charge in [0.05, 0.1) is 6.42 Å². The highest BCUT2D eigenvalue weighted by molar-refractivity contribution is 5.70. The topological polar surface area (TPSA) is 40.5 Å². The van der Waals surface area contributed by atoms with E-state index in [1.165, 1.54) is 50.8 Å². The second-order valence-electron chi connectivity index (χ2n) is 6.55. The lowest BCUT2D eigenvalue weighted by molar-refractivity contribution is -0.136. The minimum absolute atomic E-state index is 0.118. The molecule has 1 saturated heterocycles. The number of carbonyl (C=O) groups is 1. The van der Waals surface area contributed by atoms with Crippen molar-refractivity contribution in [2.45, 2.75) is 45.1 Å². The predicted octanol–water partition coefficient (Wildman–Crippen LogP) is 3.08. The van der Waals surface area contributed by atoms with Gasteiger partial charge in [0.2, 0.25) is 0 Å². The molecule has 0 atom stereocenters. The fraction of sp³-hybridized carbons (Fsp3) is 0.588. The van der Waals surface area contributed by atoms with E-state index in [4.69, 9.17) is 5.11 Å².